The number of nitrogens with two attached hydrogens (primary N) is 1. The molecule has 0 aromatic heterocycles. The van der Waals surface area contributed by atoms with Gasteiger partial charge in [-0.25, -0.2) is 0 Å². The van der Waals surface area contributed by atoms with Crippen molar-refractivity contribution in [3.05, 3.63) is 24.3 Å². The van der Waals surface area contributed by atoms with Crippen LogP contribution in [0.3, 0.4) is 0 Å². The summed E-state index contributed by atoms with van der Waals surface area (Å²) in [5.74, 6) is -1.14. The molecule has 1 heterocycles. The lowest BCUT2D eigenvalue weighted by Gasteiger charge is -2.47. The third-order valence-electron chi connectivity index (χ3n) is 5.95. The highest BCUT2D eigenvalue weighted by atomic mass is 16.5. The Morgan fingerprint density at radius 3 is 2.50 bits per heavy atom. The van der Waals surface area contributed by atoms with E-state index in [9.17, 15) is 19.8 Å². The zero-order valence-electron chi connectivity index (χ0n) is 18.5. The number of carboxylic acids is 1. The molecule has 8 nitrogen and oxygen atoms in total. The molecule has 3 atom stereocenters. The van der Waals surface area contributed by atoms with Crippen LogP contribution in [0.15, 0.2) is 24.3 Å². The summed E-state index contributed by atoms with van der Waals surface area (Å²) < 4.78 is 5.40. The average molecular weight is 422 g/mol. The molecule has 0 saturated carbocycles. The summed E-state index contributed by atoms with van der Waals surface area (Å²) in [6, 6.07) is 6.74. The third-order valence-corrected chi connectivity index (χ3v) is 5.95. The molecule has 1 amide bonds. The van der Waals surface area contributed by atoms with Crippen LogP contribution < -0.4 is 15.4 Å². The minimum atomic E-state index is -0.966. The first-order chi connectivity index (χ1) is 14.0. The van der Waals surface area contributed by atoms with E-state index in [-0.39, 0.29) is 24.8 Å². The van der Waals surface area contributed by atoms with E-state index in [0.29, 0.717) is 18.8 Å². The Kier molecular flexibility index (Phi) is 7.85. The smallest absolute Gasteiger partial charge is 0.306 e. The molecule has 3 unspecified atom stereocenters. The topological polar surface area (TPSA) is 116 Å². The Morgan fingerprint density at radius 2 is 1.93 bits per heavy atom. The fraction of sp³-hybridized carbons (Fsp3) is 0.636. The standard InChI is InChI=1S/C22H35N3O5/c1-14(2)15(21(28)29)10-18(26)16(23)11-24-12-20(27)25(13-22(24,3)4)17-8-6-7-9-19(17)30-5/h6-9,14-16,18,26H,10-13,23H2,1-5H3,(H,28,29). The van der Waals surface area contributed by atoms with Crippen LogP contribution in [0, 0.1) is 11.8 Å². The normalized spacial score (nSPS) is 20.1. The van der Waals surface area contributed by atoms with Crippen molar-refractivity contribution < 1.29 is 24.5 Å². The van der Waals surface area contributed by atoms with Gasteiger partial charge in [-0.2, -0.15) is 0 Å². The Morgan fingerprint density at radius 1 is 1.30 bits per heavy atom. The van der Waals surface area contributed by atoms with Crippen molar-refractivity contribution >= 4 is 17.6 Å². The molecule has 0 spiro atoms. The number of nitrogens with zero attached hydrogens (tertiary/aromatic N) is 2. The summed E-state index contributed by atoms with van der Waals surface area (Å²) in [5, 5.41) is 19.9. The zero-order valence-corrected chi connectivity index (χ0v) is 18.5. The van der Waals surface area contributed by atoms with Gasteiger partial charge in [-0.3, -0.25) is 14.5 Å². The number of aliphatic carboxylic acids is 1. The van der Waals surface area contributed by atoms with Gasteiger partial charge in [-0.05, 0) is 38.3 Å². The van der Waals surface area contributed by atoms with Gasteiger partial charge in [0.2, 0.25) is 5.91 Å². The van der Waals surface area contributed by atoms with Crippen molar-refractivity contribution in [1.82, 2.24) is 4.90 Å². The third kappa shape index (κ3) is 5.50. The number of hydrogen-bond acceptors (Lipinski definition) is 6. The molecule has 1 aliphatic heterocycles. The molecule has 1 saturated heterocycles. The number of aliphatic hydroxyl groups is 1. The SMILES string of the molecule is COc1ccccc1N1CC(C)(C)N(CC(N)C(O)CC(C(=O)O)C(C)C)CC1=O. The van der Waals surface area contributed by atoms with Gasteiger partial charge in [0.05, 0.1) is 31.4 Å². The molecule has 30 heavy (non-hydrogen) atoms. The van der Waals surface area contributed by atoms with E-state index in [0.717, 1.165) is 5.69 Å². The maximum atomic E-state index is 12.9. The number of benzene rings is 1. The molecule has 0 bridgehead atoms. The van der Waals surface area contributed by atoms with E-state index in [1.807, 2.05) is 56.9 Å². The molecule has 1 fully saturated rings. The lowest BCUT2D eigenvalue weighted by molar-refractivity contribution is -0.144. The molecule has 2 rings (SSSR count). The number of rotatable bonds is 9. The number of carbonyl (C=O) groups excluding carboxylic acids is 1. The second kappa shape index (κ2) is 9.76. The lowest BCUT2D eigenvalue weighted by atomic mass is 9.87. The van der Waals surface area contributed by atoms with E-state index in [2.05, 4.69) is 0 Å². The monoisotopic (exact) mass is 421 g/mol. The second-order valence-electron chi connectivity index (χ2n) is 9.00. The minimum Gasteiger partial charge on any atom is -0.495 e. The van der Waals surface area contributed by atoms with Gasteiger partial charge in [0.1, 0.15) is 5.75 Å². The Bertz CT molecular complexity index is 752. The molecular formula is C22H35N3O5. The van der Waals surface area contributed by atoms with E-state index < -0.39 is 29.6 Å². The average Bonchev–Trinajstić information content (AvgIpc) is 2.67. The molecule has 1 aromatic carbocycles. The summed E-state index contributed by atoms with van der Waals surface area (Å²) in [6.45, 7) is 8.57. The first kappa shape index (κ1) is 24.1. The van der Waals surface area contributed by atoms with Crippen molar-refractivity contribution in [2.75, 3.05) is 31.6 Å². The molecule has 1 aliphatic rings. The van der Waals surface area contributed by atoms with Gasteiger partial charge in [0.25, 0.3) is 0 Å². The number of aliphatic hydroxyl groups excluding tert-OH is 1. The van der Waals surface area contributed by atoms with E-state index >= 15 is 0 Å². The molecule has 8 heteroatoms. The van der Waals surface area contributed by atoms with Crippen LogP contribution in [0.4, 0.5) is 5.69 Å². The van der Waals surface area contributed by atoms with Gasteiger partial charge in [-0.15, -0.1) is 0 Å². The van der Waals surface area contributed by atoms with Crippen LogP contribution in [-0.2, 0) is 9.59 Å². The van der Waals surface area contributed by atoms with Crippen LogP contribution in [0.2, 0.25) is 0 Å². The molecule has 168 valence electrons. The Labute approximate surface area is 178 Å². The molecule has 0 aliphatic carbocycles. The fourth-order valence-electron chi connectivity index (χ4n) is 3.89. The molecule has 1 aromatic rings. The van der Waals surface area contributed by atoms with Gasteiger partial charge in [-0.1, -0.05) is 26.0 Å². The van der Waals surface area contributed by atoms with Crippen LogP contribution in [0.25, 0.3) is 0 Å². The summed E-state index contributed by atoms with van der Waals surface area (Å²) in [6.07, 6.45) is -0.879. The van der Waals surface area contributed by atoms with Crippen LogP contribution in [0.1, 0.15) is 34.1 Å². The van der Waals surface area contributed by atoms with Crippen LogP contribution >= 0.6 is 0 Å². The fourth-order valence-corrected chi connectivity index (χ4v) is 3.89. The van der Waals surface area contributed by atoms with Gasteiger partial charge >= 0.3 is 5.97 Å². The van der Waals surface area contributed by atoms with E-state index in [1.54, 1.807) is 12.0 Å². The predicted octanol–water partition coefficient (Wildman–Crippen LogP) is 1.56. The summed E-state index contributed by atoms with van der Waals surface area (Å²) in [7, 11) is 1.58. The van der Waals surface area contributed by atoms with E-state index in [4.69, 9.17) is 10.5 Å². The predicted molar refractivity (Wildman–Crippen MR) is 116 cm³/mol. The molecule has 4 N–H and O–H groups in total. The second-order valence-corrected chi connectivity index (χ2v) is 9.00. The van der Waals surface area contributed by atoms with Crippen molar-refractivity contribution in [2.45, 2.75) is 51.8 Å². The van der Waals surface area contributed by atoms with Crippen molar-refractivity contribution in [3.8, 4) is 5.75 Å². The summed E-state index contributed by atoms with van der Waals surface area (Å²) in [5.41, 5.74) is 6.56. The largest absolute Gasteiger partial charge is 0.495 e. The lowest BCUT2D eigenvalue weighted by Crippen LogP contribution is -2.64. The highest BCUT2D eigenvalue weighted by Crippen LogP contribution is 2.33. The number of carboxylic acid groups (broad SMARTS) is 1. The zero-order chi connectivity index (χ0) is 22.6. The summed E-state index contributed by atoms with van der Waals surface area (Å²) in [4.78, 5) is 28.0. The molecular weight excluding hydrogens is 386 g/mol. The van der Waals surface area contributed by atoms with Crippen molar-refractivity contribution in [1.29, 1.82) is 0 Å². The van der Waals surface area contributed by atoms with Crippen molar-refractivity contribution in [2.24, 2.45) is 17.6 Å². The maximum Gasteiger partial charge on any atom is 0.306 e. The number of amides is 1. The molecule has 0 radical (unpaired) electrons. The number of piperazine rings is 1. The Balaban J connectivity index is 2.09. The maximum absolute atomic E-state index is 12.9. The first-order valence-electron chi connectivity index (χ1n) is 10.3. The van der Waals surface area contributed by atoms with Gasteiger partial charge in [0, 0.05) is 24.7 Å². The van der Waals surface area contributed by atoms with Gasteiger partial charge < -0.3 is 25.6 Å². The van der Waals surface area contributed by atoms with Crippen LogP contribution in [-0.4, -0.2) is 71.4 Å². The number of hydrogen-bond donors (Lipinski definition) is 3. The highest BCUT2D eigenvalue weighted by molar-refractivity contribution is 5.97. The van der Waals surface area contributed by atoms with E-state index in [1.165, 1.54) is 0 Å². The number of anilines is 1. The number of para-hydroxylation sites is 2. The van der Waals surface area contributed by atoms with Crippen molar-refractivity contribution in [3.63, 3.8) is 0 Å². The number of methoxy groups -OCH3 is 1. The summed E-state index contributed by atoms with van der Waals surface area (Å²) >= 11 is 0. The highest BCUT2D eigenvalue weighted by Gasteiger charge is 2.40. The number of carbonyl (C=O) groups is 2. The number of ether oxygens (including phenoxy) is 1. The van der Waals surface area contributed by atoms with Crippen LogP contribution in [0.5, 0.6) is 5.75 Å². The first-order valence-corrected chi connectivity index (χ1v) is 10.3. The minimum absolute atomic E-state index is 0.0777. The quantitative estimate of drug-likeness (QED) is 0.554. The van der Waals surface area contributed by atoms with Gasteiger partial charge in [0.15, 0.2) is 0 Å². The Hall–Kier alpha value is -2.16.